The third-order valence-electron chi connectivity index (χ3n) is 1.97. The number of hydrogen-bond donors (Lipinski definition) is 0. The average molecular weight is 239 g/mol. The SMILES string of the molecule is C/C=C(\F)C(=O)OCc1ccc([N+](=O)[O-])cc1. The van der Waals surface area contributed by atoms with Crippen molar-refractivity contribution in [3.8, 4) is 0 Å². The Hall–Kier alpha value is -2.24. The largest absolute Gasteiger partial charge is 0.456 e. The maximum Gasteiger partial charge on any atom is 0.367 e. The van der Waals surface area contributed by atoms with Gasteiger partial charge in [0.05, 0.1) is 4.92 Å². The summed E-state index contributed by atoms with van der Waals surface area (Å²) in [6, 6.07) is 5.46. The number of carbonyl (C=O) groups is 1. The first-order chi connectivity index (χ1) is 8.04. The van der Waals surface area contributed by atoms with Crippen molar-refractivity contribution in [3.05, 3.63) is 51.8 Å². The van der Waals surface area contributed by atoms with Crippen LogP contribution in [0, 0.1) is 10.1 Å². The van der Waals surface area contributed by atoms with Gasteiger partial charge in [-0.1, -0.05) is 0 Å². The second-order valence-electron chi connectivity index (χ2n) is 3.14. The average Bonchev–Trinajstić information content (AvgIpc) is 2.35. The van der Waals surface area contributed by atoms with E-state index in [1.807, 2.05) is 0 Å². The van der Waals surface area contributed by atoms with E-state index in [-0.39, 0.29) is 12.3 Å². The number of esters is 1. The van der Waals surface area contributed by atoms with Crippen LogP contribution in [0.3, 0.4) is 0 Å². The summed E-state index contributed by atoms with van der Waals surface area (Å²) in [6.45, 7) is 1.25. The Bertz CT molecular complexity index is 453. The number of non-ortho nitro benzene ring substituents is 1. The molecular weight excluding hydrogens is 229 g/mol. The summed E-state index contributed by atoms with van der Waals surface area (Å²) in [5.41, 5.74) is 0.493. The standard InChI is InChI=1S/C11H10FNO4/c1-2-10(12)11(14)17-7-8-3-5-9(6-4-8)13(15)16/h2-6H,7H2,1H3/b10-2-. The number of carbonyl (C=O) groups excluding carboxylic acids is 1. The molecule has 0 aliphatic rings. The van der Waals surface area contributed by atoms with E-state index >= 15 is 0 Å². The van der Waals surface area contributed by atoms with E-state index in [2.05, 4.69) is 4.74 Å². The number of halogens is 1. The van der Waals surface area contributed by atoms with Crippen LogP contribution in [0.5, 0.6) is 0 Å². The van der Waals surface area contributed by atoms with Gasteiger partial charge in [-0.2, -0.15) is 4.39 Å². The quantitative estimate of drug-likeness (QED) is 0.350. The lowest BCUT2D eigenvalue weighted by Crippen LogP contribution is -2.04. The molecule has 0 spiro atoms. The van der Waals surface area contributed by atoms with Gasteiger partial charge in [-0.05, 0) is 30.7 Å². The monoisotopic (exact) mass is 239 g/mol. The van der Waals surface area contributed by atoms with Crippen molar-refractivity contribution in [3.63, 3.8) is 0 Å². The van der Waals surface area contributed by atoms with Crippen molar-refractivity contribution in [1.82, 2.24) is 0 Å². The fourth-order valence-corrected chi connectivity index (χ4v) is 1.05. The Kier molecular flexibility index (Phi) is 4.33. The minimum absolute atomic E-state index is 0.0558. The molecule has 1 aromatic rings. The molecule has 90 valence electrons. The predicted octanol–water partition coefficient (Wildman–Crippen LogP) is 2.51. The van der Waals surface area contributed by atoms with E-state index in [0.717, 1.165) is 6.08 Å². The van der Waals surface area contributed by atoms with E-state index < -0.39 is 16.7 Å². The fourth-order valence-electron chi connectivity index (χ4n) is 1.05. The maximum absolute atomic E-state index is 12.7. The van der Waals surface area contributed by atoms with Gasteiger partial charge in [0, 0.05) is 12.1 Å². The molecule has 0 amide bonds. The predicted molar refractivity (Wildman–Crippen MR) is 57.8 cm³/mol. The lowest BCUT2D eigenvalue weighted by molar-refractivity contribution is -0.384. The zero-order valence-corrected chi connectivity index (χ0v) is 9.05. The highest BCUT2D eigenvalue weighted by atomic mass is 19.1. The molecule has 0 atom stereocenters. The molecular formula is C11H10FNO4. The Morgan fingerprint density at radius 1 is 1.47 bits per heavy atom. The molecule has 0 aromatic heterocycles. The summed E-state index contributed by atoms with van der Waals surface area (Å²) in [7, 11) is 0. The number of allylic oxidation sites excluding steroid dienone is 1. The number of nitrogens with zero attached hydrogens (tertiary/aromatic N) is 1. The fraction of sp³-hybridized carbons (Fsp3) is 0.182. The Morgan fingerprint density at radius 2 is 2.06 bits per heavy atom. The minimum Gasteiger partial charge on any atom is -0.456 e. The first-order valence-electron chi connectivity index (χ1n) is 4.77. The molecule has 0 saturated carbocycles. The lowest BCUT2D eigenvalue weighted by Gasteiger charge is -2.02. The highest BCUT2D eigenvalue weighted by Gasteiger charge is 2.09. The van der Waals surface area contributed by atoms with E-state index in [4.69, 9.17) is 0 Å². The van der Waals surface area contributed by atoms with Crippen molar-refractivity contribution in [2.75, 3.05) is 0 Å². The minimum atomic E-state index is -1.05. The van der Waals surface area contributed by atoms with Crippen LogP contribution in [0.4, 0.5) is 10.1 Å². The summed E-state index contributed by atoms with van der Waals surface area (Å²) in [5, 5.41) is 10.4. The van der Waals surface area contributed by atoms with E-state index in [1.165, 1.54) is 31.2 Å². The third kappa shape index (κ3) is 3.67. The second-order valence-corrected chi connectivity index (χ2v) is 3.14. The number of hydrogen-bond acceptors (Lipinski definition) is 4. The van der Waals surface area contributed by atoms with Gasteiger partial charge >= 0.3 is 5.97 Å². The van der Waals surface area contributed by atoms with Crippen LogP contribution in [0.1, 0.15) is 12.5 Å². The summed E-state index contributed by atoms with van der Waals surface area (Å²) in [6.07, 6.45) is 0.998. The molecule has 1 aromatic carbocycles. The van der Waals surface area contributed by atoms with Crippen LogP contribution in [0.2, 0.25) is 0 Å². The second kappa shape index (κ2) is 5.74. The zero-order valence-electron chi connectivity index (χ0n) is 9.05. The molecule has 0 radical (unpaired) electrons. The van der Waals surface area contributed by atoms with Gasteiger partial charge in [0.25, 0.3) is 5.69 Å². The van der Waals surface area contributed by atoms with Crippen LogP contribution >= 0.6 is 0 Å². The zero-order chi connectivity index (χ0) is 12.8. The molecule has 0 N–H and O–H groups in total. The summed E-state index contributed by atoms with van der Waals surface area (Å²) < 4.78 is 17.3. The summed E-state index contributed by atoms with van der Waals surface area (Å²) in [4.78, 5) is 20.8. The van der Waals surface area contributed by atoms with Gasteiger partial charge in [0.15, 0.2) is 0 Å². The van der Waals surface area contributed by atoms with Crippen molar-refractivity contribution >= 4 is 11.7 Å². The van der Waals surface area contributed by atoms with E-state index in [1.54, 1.807) is 0 Å². The normalized spacial score (nSPS) is 11.1. The molecule has 0 aliphatic heterocycles. The molecule has 5 nitrogen and oxygen atoms in total. The van der Waals surface area contributed by atoms with Crippen molar-refractivity contribution in [2.24, 2.45) is 0 Å². The molecule has 0 heterocycles. The number of rotatable bonds is 4. The van der Waals surface area contributed by atoms with Gasteiger partial charge in [-0.25, -0.2) is 4.79 Å². The van der Waals surface area contributed by atoms with E-state index in [0.29, 0.717) is 5.56 Å². The van der Waals surface area contributed by atoms with Gasteiger partial charge in [-0.15, -0.1) is 0 Å². The van der Waals surface area contributed by atoms with Crippen LogP contribution in [0.15, 0.2) is 36.2 Å². The molecule has 1 rings (SSSR count). The highest BCUT2D eigenvalue weighted by molar-refractivity contribution is 5.85. The molecule has 0 saturated heterocycles. The van der Waals surface area contributed by atoms with Crippen LogP contribution in [-0.4, -0.2) is 10.9 Å². The Morgan fingerprint density at radius 3 is 2.53 bits per heavy atom. The number of benzene rings is 1. The number of ether oxygens (including phenoxy) is 1. The van der Waals surface area contributed by atoms with Gasteiger partial charge < -0.3 is 4.74 Å². The van der Waals surface area contributed by atoms with Crippen molar-refractivity contribution in [2.45, 2.75) is 13.5 Å². The smallest absolute Gasteiger partial charge is 0.367 e. The van der Waals surface area contributed by atoms with Crippen molar-refractivity contribution in [1.29, 1.82) is 0 Å². The maximum atomic E-state index is 12.7. The summed E-state index contributed by atoms with van der Waals surface area (Å²) >= 11 is 0. The first kappa shape index (κ1) is 12.8. The number of nitro benzene ring substituents is 1. The van der Waals surface area contributed by atoms with Gasteiger partial charge in [0.1, 0.15) is 6.61 Å². The van der Waals surface area contributed by atoms with Gasteiger partial charge in [0.2, 0.25) is 5.83 Å². The molecule has 17 heavy (non-hydrogen) atoms. The van der Waals surface area contributed by atoms with Crippen LogP contribution in [0.25, 0.3) is 0 Å². The molecule has 6 heteroatoms. The highest BCUT2D eigenvalue weighted by Crippen LogP contribution is 2.13. The van der Waals surface area contributed by atoms with Crippen LogP contribution in [-0.2, 0) is 16.1 Å². The molecule has 0 bridgehead atoms. The Labute approximate surface area is 96.7 Å². The molecule has 0 fully saturated rings. The topological polar surface area (TPSA) is 69.4 Å². The Balaban J connectivity index is 2.59. The number of nitro groups is 1. The first-order valence-corrected chi connectivity index (χ1v) is 4.77. The third-order valence-corrected chi connectivity index (χ3v) is 1.97. The molecule has 0 unspecified atom stereocenters. The van der Waals surface area contributed by atoms with E-state index in [9.17, 15) is 19.3 Å². The van der Waals surface area contributed by atoms with Gasteiger partial charge in [-0.3, -0.25) is 10.1 Å². The lowest BCUT2D eigenvalue weighted by atomic mass is 10.2. The molecule has 0 aliphatic carbocycles. The summed E-state index contributed by atoms with van der Waals surface area (Å²) in [5.74, 6) is -2.02. The van der Waals surface area contributed by atoms with Crippen molar-refractivity contribution < 1.29 is 18.8 Å². The van der Waals surface area contributed by atoms with Crippen LogP contribution < -0.4 is 0 Å².